The third-order valence-corrected chi connectivity index (χ3v) is 4.42. The van der Waals surface area contributed by atoms with Gasteiger partial charge in [0.1, 0.15) is 0 Å². The smallest absolute Gasteiger partial charge is 0.0601 e. The van der Waals surface area contributed by atoms with Crippen LogP contribution in [0.5, 0.6) is 0 Å². The van der Waals surface area contributed by atoms with Crippen LogP contribution in [0.2, 0.25) is 0 Å². The molecule has 1 N–H and O–H groups in total. The van der Waals surface area contributed by atoms with E-state index < -0.39 is 0 Å². The van der Waals surface area contributed by atoms with E-state index in [1.165, 1.54) is 11.1 Å². The van der Waals surface area contributed by atoms with Gasteiger partial charge in [-0.2, -0.15) is 0 Å². The number of nitrogens with zero attached hydrogens (tertiary/aromatic N) is 1. The first-order chi connectivity index (χ1) is 9.76. The lowest BCUT2D eigenvalue weighted by molar-refractivity contribution is 0.0169. The molecule has 0 saturated heterocycles. The third-order valence-electron chi connectivity index (χ3n) is 4.42. The van der Waals surface area contributed by atoms with Crippen LogP contribution in [0.1, 0.15) is 37.8 Å². The molecule has 0 unspecified atom stereocenters. The minimum Gasteiger partial charge on any atom is -0.381 e. The van der Waals surface area contributed by atoms with Gasteiger partial charge in [-0.15, -0.1) is 0 Å². The van der Waals surface area contributed by atoms with Crippen LogP contribution in [-0.2, 0) is 17.8 Å². The van der Waals surface area contributed by atoms with E-state index in [-0.39, 0.29) is 0 Å². The molecule has 0 aromatic heterocycles. The lowest BCUT2D eigenvalue weighted by Crippen LogP contribution is -2.44. The molecule has 1 aliphatic rings. The maximum absolute atomic E-state index is 5.33. The van der Waals surface area contributed by atoms with Crippen LogP contribution in [-0.4, -0.2) is 37.2 Å². The molecule has 2 rings (SSSR count). The Kier molecular flexibility index (Phi) is 6.02. The van der Waals surface area contributed by atoms with Gasteiger partial charge in [-0.25, -0.2) is 0 Å². The second kappa shape index (κ2) is 7.77. The summed E-state index contributed by atoms with van der Waals surface area (Å²) >= 11 is 0. The summed E-state index contributed by atoms with van der Waals surface area (Å²) in [6.07, 6.45) is 2.77. The normalized spacial score (nSPS) is 22.0. The number of nitrogens with one attached hydrogen (secondary N) is 1. The molecule has 0 radical (unpaired) electrons. The molecule has 0 heterocycles. The van der Waals surface area contributed by atoms with Gasteiger partial charge in [-0.05, 0) is 37.1 Å². The highest BCUT2D eigenvalue weighted by Crippen LogP contribution is 2.23. The van der Waals surface area contributed by atoms with Crippen LogP contribution in [0.15, 0.2) is 24.3 Å². The zero-order valence-electron chi connectivity index (χ0n) is 13.1. The van der Waals surface area contributed by atoms with Crippen molar-refractivity contribution in [1.82, 2.24) is 10.2 Å². The van der Waals surface area contributed by atoms with Gasteiger partial charge in [0.05, 0.1) is 6.10 Å². The van der Waals surface area contributed by atoms with Crippen molar-refractivity contribution in [2.75, 3.05) is 20.2 Å². The second-order valence-corrected chi connectivity index (χ2v) is 5.64. The van der Waals surface area contributed by atoms with Crippen molar-refractivity contribution in [3.63, 3.8) is 0 Å². The SMILES string of the molecule is CCN(CC)Cc1ccccc1CNC1CC(OC)C1. The molecular formula is C17H28N2O. The Balaban J connectivity index is 1.87. The molecule has 1 saturated carbocycles. The highest BCUT2D eigenvalue weighted by atomic mass is 16.5. The first kappa shape index (κ1) is 15.5. The molecule has 1 aliphatic carbocycles. The summed E-state index contributed by atoms with van der Waals surface area (Å²) in [4.78, 5) is 2.46. The van der Waals surface area contributed by atoms with Gasteiger partial charge >= 0.3 is 0 Å². The lowest BCUT2D eigenvalue weighted by Gasteiger charge is -2.35. The molecule has 1 fully saturated rings. The predicted molar refractivity (Wildman–Crippen MR) is 83.7 cm³/mol. The number of ether oxygens (including phenoxy) is 1. The standard InChI is InChI=1S/C17H28N2O/c1-4-19(5-2)13-15-9-7-6-8-14(15)12-18-16-10-17(11-16)20-3/h6-9,16-18H,4-5,10-13H2,1-3H3. The Morgan fingerprint density at radius 2 is 1.80 bits per heavy atom. The second-order valence-electron chi connectivity index (χ2n) is 5.64. The molecule has 112 valence electrons. The first-order valence-corrected chi connectivity index (χ1v) is 7.82. The Morgan fingerprint density at radius 3 is 2.40 bits per heavy atom. The largest absolute Gasteiger partial charge is 0.381 e. The van der Waals surface area contributed by atoms with E-state index in [1.54, 1.807) is 7.11 Å². The van der Waals surface area contributed by atoms with Crippen LogP contribution >= 0.6 is 0 Å². The number of benzene rings is 1. The van der Waals surface area contributed by atoms with E-state index in [2.05, 4.69) is 48.3 Å². The Bertz CT molecular complexity index is 398. The molecule has 0 amide bonds. The fourth-order valence-corrected chi connectivity index (χ4v) is 2.75. The summed E-state index contributed by atoms with van der Waals surface area (Å²) in [5.41, 5.74) is 2.88. The summed E-state index contributed by atoms with van der Waals surface area (Å²) in [5, 5.41) is 3.65. The van der Waals surface area contributed by atoms with Crippen molar-refractivity contribution < 1.29 is 4.74 Å². The molecule has 3 nitrogen and oxygen atoms in total. The number of hydrogen-bond acceptors (Lipinski definition) is 3. The summed E-state index contributed by atoms with van der Waals surface area (Å²) < 4.78 is 5.33. The van der Waals surface area contributed by atoms with Crippen molar-refractivity contribution in [1.29, 1.82) is 0 Å². The van der Waals surface area contributed by atoms with Crippen molar-refractivity contribution >= 4 is 0 Å². The first-order valence-electron chi connectivity index (χ1n) is 7.82. The quantitative estimate of drug-likeness (QED) is 0.790. The van der Waals surface area contributed by atoms with E-state index in [4.69, 9.17) is 4.74 Å². The van der Waals surface area contributed by atoms with Crippen LogP contribution in [0.4, 0.5) is 0 Å². The highest BCUT2D eigenvalue weighted by Gasteiger charge is 2.28. The monoisotopic (exact) mass is 276 g/mol. The Morgan fingerprint density at radius 1 is 1.15 bits per heavy atom. The molecule has 0 spiro atoms. The van der Waals surface area contributed by atoms with Crippen LogP contribution in [0.3, 0.4) is 0 Å². The van der Waals surface area contributed by atoms with Gasteiger partial charge < -0.3 is 10.1 Å². The zero-order valence-corrected chi connectivity index (χ0v) is 13.1. The number of rotatable bonds is 8. The Hall–Kier alpha value is -0.900. The molecule has 1 aromatic carbocycles. The highest BCUT2D eigenvalue weighted by molar-refractivity contribution is 5.27. The van der Waals surface area contributed by atoms with Crippen LogP contribution in [0, 0.1) is 0 Å². The van der Waals surface area contributed by atoms with E-state index >= 15 is 0 Å². The van der Waals surface area contributed by atoms with Crippen molar-refractivity contribution in [3.05, 3.63) is 35.4 Å². The van der Waals surface area contributed by atoms with Crippen molar-refractivity contribution in [3.8, 4) is 0 Å². The van der Waals surface area contributed by atoms with Crippen molar-refractivity contribution in [2.45, 2.75) is 51.9 Å². The van der Waals surface area contributed by atoms with E-state index in [0.29, 0.717) is 12.1 Å². The summed E-state index contributed by atoms with van der Waals surface area (Å²) in [6.45, 7) is 8.69. The summed E-state index contributed by atoms with van der Waals surface area (Å²) in [6, 6.07) is 9.42. The fraction of sp³-hybridized carbons (Fsp3) is 0.647. The minimum atomic E-state index is 0.471. The molecular weight excluding hydrogens is 248 g/mol. The van der Waals surface area contributed by atoms with E-state index in [0.717, 1.165) is 39.0 Å². The molecule has 0 aliphatic heterocycles. The topological polar surface area (TPSA) is 24.5 Å². The maximum atomic E-state index is 5.33. The van der Waals surface area contributed by atoms with Gasteiger partial charge in [0.2, 0.25) is 0 Å². The molecule has 0 atom stereocenters. The van der Waals surface area contributed by atoms with Crippen molar-refractivity contribution in [2.24, 2.45) is 0 Å². The predicted octanol–water partition coefficient (Wildman–Crippen LogP) is 2.80. The van der Waals surface area contributed by atoms with Gasteiger partial charge in [0.25, 0.3) is 0 Å². The average Bonchev–Trinajstić information content (AvgIpc) is 2.44. The minimum absolute atomic E-state index is 0.471. The molecule has 20 heavy (non-hydrogen) atoms. The van der Waals surface area contributed by atoms with E-state index in [1.807, 2.05) is 0 Å². The zero-order chi connectivity index (χ0) is 14.4. The van der Waals surface area contributed by atoms with Gasteiger partial charge in [-0.3, -0.25) is 4.90 Å². The summed E-state index contributed by atoms with van der Waals surface area (Å²) in [5.74, 6) is 0. The van der Waals surface area contributed by atoms with Gasteiger partial charge in [-0.1, -0.05) is 38.1 Å². The summed E-state index contributed by atoms with van der Waals surface area (Å²) in [7, 11) is 1.81. The third kappa shape index (κ3) is 4.05. The van der Waals surface area contributed by atoms with Gasteiger partial charge in [0.15, 0.2) is 0 Å². The van der Waals surface area contributed by atoms with Crippen LogP contribution in [0.25, 0.3) is 0 Å². The average molecular weight is 276 g/mol. The fourth-order valence-electron chi connectivity index (χ4n) is 2.75. The molecule has 3 heteroatoms. The lowest BCUT2D eigenvalue weighted by atomic mass is 9.89. The number of hydrogen-bond donors (Lipinski definition) is 1. The van der Waals surface area contributed by atoms with E-state index in [9.17, 15) is 0 Å². The van der Waals surface area contributed by atoms with Gasteiger partial charge in [0, 0.05) is 26.2 Å². The number of methoxy groups -OCH3 is 1. The molecule has 1 aromatic rings. The molecule has 0 bridgehead atoms. The maximum Gasteiger partial charge on any atom is 0.0601 e. The van der Waals surface area contributed by atoms with Crippen LogP contribution < -0.4 is 5.32 Å². The Labute approximate surface area is 123 Å².